The fraction of sp³-hybridized carbons (Fsp3) is 0.417. The second-order valence-corrected chi connectivity index (χ2v) is 10.8. The first-order chi connectivity index (χ1) is 15.4. The molecule has 2 aromatic rings. The van der Waals surface area contributed by atoms with Crippen LogP contribution in [-0.4, -0.2) is 30.7 Å². The molecule has 2 aromatic carbocycles. The minimum Gasteiger partial charge on any atom is -0.378 e. The summed E-state index contributed by atoms with van der Waals surface area (Å²) in [6, 6.07) is 12.1. The van der Waals surface area contributed by atoms with Gasteiger partial charge in [-0.05, 0) is 54.5 Å². The van der Waals surface area contributed by atoms with Crippen molar-refractivity contribution in [1.82, 2.24) is 4.31 Å². The SMILES string of the molecule is O=[N+]([O-])c1cccc(C2Nc3ccc(S(=O)(=O)N4CCCCCC4)cc3C3C=CCC32)c1. The van der Waals surface area contributed by atoms with Crippen LogP contribution in [0.2, 0.25) is 0 Å². The normalized spacial score (nSPS) is 25.4. The summed E-state index contributed by atoms with van der Waals surface area (Å²) >= 11 is 0. The molecule has 0 spiro atoms. The Morgan fingerprint density at radius 2 is 1.81 bits per heavy atom. The van der Waals surface area contributed by atoms with Gasteiger partial charge >= 0.3 is 0 Å². The number of benzene rings is 2. The Balaban J connectivity index is 1.50. The molecule has 0 amide bonds. The van der Waals surface area contributed by atoms with Crippen molar-refractivity contribution in [1.29, 1.82) is 0 Å². The maximum Gasteiger partial charge on any atom is 0.269 e. The number of allylic oxidation sites excluding steroid dienone is 2. The van der Waals surface area contributed by atoms with Crippen molar-refractivity contribution >= 4 is 21.4 Å². The number of nitrogens with one attached hydrogen (secondary N) is 1. The van der Waals surface area contributed by atoms with E-state index in [1.807, 2.05) is 18.2 Å². The van der Waals surface area contributed by atoms with Crippen LogP contribution in [0.4, 0.5) is 11.4 Å². The molecule has 2 heterocycles. The van der Waals surface area contributed by atoms with E-state index in [4.69, 9.17) is 0 Å². The quantitative estimate of drug-likeness (QED) is 0.400. The molecule has 0 saturated carbocycles. The Bertz CT molecular complexity index is 1170. The Morgan fingerprint density at radius 1 is 1.03 bits per heavy atom. The number of nitro groups is 1. The minimum absolute atomic E-state index is 0.0736. The number of fused-ring (bicyclic) bond motifs is 3. The van der Waals surface area contributed by atoms with Gasteiger partial charge in [0.15, 0.2) is 0 Å². The van der Waals surface area contributed by atoms with Crippen LogP contribution in [0.5, 0.6) is 0 Å². The third-order valence-corrected chi connectivity index (χ3v) is 8.87. The lowest BCUT2D eigenvalue weighted by molar-refractivity contribution is -0.384. The summed E-state index contributed by atoms with van der Waals surface area (Å²) in [6.07, 6.45) is 9.09. The first-order valence-corrected chi connectivity index (χ1v) is 12.7. The van der Waals surface area contributed by atoms with Crippen LogP contribution in [0.3, 0.4) is 0 Å². The molecule has 1 aliphatic carbocycles. The van der Waals surface area contributed by atoms with Crippen LogP contribution in [0, 0.1) is 16.0 Å². The summed E-state index contributed by atoms with van der Waals surface area (Å²) < 4.78 is 28.3. The van der Waals surface area contributed by atoms with Crippen molar-refractivity contribution in [2.75, 3.05) is 18.4 Å². The highest BCUT2D eigenvalue weighted by molar-refractivity contribution is 7.89. The molecule has 3 aliphatic rings. The summed E-state index contributed by atoms with van der Waals surface area (Å²) in [7, 11) is -3.52. The number of nitrogens with zero attached hydrogens (tertiary/aromatic N) is 2. The van der Waals surface area contributed by atoms with Crippen molar-refractivity contribution in [3.63, 3.8) is 0 Å². The number of anilines is 1. The predicted octanol–water partition coefficient (Wildman–Crippen LogP) is 4.99. The maximum atomic E-state index is 13.3. The minimum atomic E-state index is -3.52. The van der Waals surface area contributed by atoms with E-state index in [9.17, 15) is 18.5 Å². The van der Waals surface area contributed by atoms with Crippen LogP contribution in [0.1, 0.15) is 55.2 Å². The lowest BCUT2D eigenvalue weighted by Crippen LogP contribution is -2.33. The second kappa shape index (κ2) is 8.33. The van der Waals surface area contributed by atoms with E-state index in [-0.39, 0.29) is 28.5 Å². The number of hydrogen-bond donors (Lipinski definition) is 1. The Labute approximate surface area is 188 Å². The van der Waals surface area contributed by atoms with E-state index in [2.05, 4.69) is 17.5 Å². The summed E-state index contributed by atoms with van der Waals surface area (Å²) in [6.45, 7) is 1.16. The molecule has 5 rings (SSSR count). The molecule has 3 atom stereocenters. The van der Waals surface area contributed by atoms with Crippen LogP contribution in [-0.2, 0) is 10.0 Å². The highest BCUT2D eigenvalue weighted by Crippen LogP contribution is 2.50. The molecule has 8 heteroatoms. The van der Waals surface area contributed by atoms with E-state index in [1.165, 1.54) is 6.07 Å². The van der Waals surface area contributed by atoms with Gasteiger partial charge in [-0.3, -0.25) is 10.1 Å². The average molecular weight is 454 g/mol. The van der Waals surface area contributed by atoms with E-state index in [0.717, 1.165) is 48.9 Å². The van der Waals surface area contributed by atoms with Crippen molar-refractivity contribution in [2.45, 2.75) is 49.0 Å². The molecule has 168 valence electrons. The molecule has 32 heavy (non-hydrogen) atoms. The number of non-ortho nitro benzene ring substituents is 1. The van der Waals surface area contributed by atoms with Gasteiger partial charge in [0, 0.05) is 36.8 Å². The van der Waals surface area contributed by atoms with Crippen molar-refractivity contribution in [2.24, 2.45) is 5.92 Å². The molecule has 2 aliphatic heterocycles. The Hall–Kier alpha value is -2.71. The molecule has 1 fully saturated rings. The van der Waals surface area contributed by atoms with Gasteiger partial charge in [-0.1, -0.05) is 37.1 Å². The molecule has 3 unspecified atom stereocenters. The molecule has 0 aromatic heterocycles. The van der Waals surface area contributed by atoms with Crippen molar-refractivity contribution in [3.05, 3.63) is 75.9 Å². The van der Waals surface area contributed by atoms with E-state index in [0.29, 0.717) is 18.0 Å². The highest BCUT2D eigenvalue weighted by atomic mass is 32.2. The first kappa shape index (κ1) is 21.2. The van der Waals surface area contributed by atoms with Crippen LogP contribution >= 0.6 is 0 Å². The van der Waals surface area contributed by atoms with Gasteiger partial charge in [0.1, 0.15) is 0 Å². The van der Waals surface area contributed by atoms with E-state index < -0.39 is 10.0 Å². The lowest BCUT2D eigenvalue weighted by Gasteiger charge is -2.37. The van der Waals surface area contributed by atoms with Crippen LogP contribution < -0.4 is 5.32 Å². The average Bonchev–Trinajstić information content (AvgIpc) is 3.12. The Morgan fingerprint density at radius 3 is 2.56 bits per heavy atom. The van der Waals surface area contributed by atoms with Crippen LogP contribution in [0.15, 0.2) is 59.5 Å². The zero-order chi connectivity index (χ0) is 22.3. The summed E-state index contributed by atoms with van der Waals surface area (Å²) in [5.41, 5.74) is 2.84. The molecule has 1 N–H and O–H groups in total. The number of nitro benzene ring substituents is 1. The smallest absolute Gasteiger partial charge is 0.269 e. The largest absolute Gasteiger partial charge is 0.378 e. The zero-order valence-corrected chi connectivity index (χ0v) is 18.6. The fourth-order valence-corrected chi connectivity index (χ4v) is 6.88. The molecule has 0 bridgehead atoms. The maximum absolute atomic E-state index is 13.3. The van der Waals surface area contributed by atoms with Gasteiger partial charge in [-0.25, -0.2) is 8.42 Å². The van der Waals surface area contributed by atoms with Gasteiger partial charge in [0.2, 0.25) is 10.0 Å². The van der Waals surface area contributed by atoms with Gasteiger partial charge in [-0.15, -0.1) is 0 Å². The fourth-order valence-electron chi connectivity index (χ4n) is 5.33. The van der Waals surface area contributed by atoms with Gasteiger partial charge < -0.3 is 5.32 Å². The topological polar surface area (TPSA) is 92.5 Å². The summed E-state index contributed by atoms with van der Waals surface area (Å²) in [4.78, 5) is 11.2. The number of rotatable bonds is 4. The molecule has 0 radical (unpaired) electrons. The molecular formula is C24H27N3O4S. The summed E-state index contributed by atoms with van der Waals surface area (Å²) in [5, 5.41) is 14.8. The van der Waals surface area contributed by atoms with Gasteiger partial charge in [-0.2, -0.15) is 4.31 Å². The number of sulfonamides is 1. The van der Waals surface area contributed by atoms with Crippen molar-refractivity contribution < 1.29 is 13.3 Å². The highest BCUT2D eigenvalue weighted by Gasteiger charge is 2.39. The molecular weight excluding hydrogens is 426 g/mol. The standard InChI is InChI=1S/C24H27N3O4S/c28-27(29)18-8-5-7-17(15-18)24-21-10-6-9-20(21)22-16-19(11-12-23(22)25-24)32(30,31)26-13-3-1-2-4-14-26/h5-9,11-12,15-16,20-21,24-25H,1-4,10,13-14H2. The third kappa shape index (κ3) is 3.71. The lowest BCUT2D eigenvalue weighted by atomic mass is 9.77. The Kier molecular flexibility index (Phi) is 5.51. The third-order valence-electron chi connectivity index (χ3n) is 6.98. The zero-order valence-electron chi connectivity index (χ0n) is 17.8. The first-order valence-electron chi connectivity index (χ1n) is 11.3. The van der Waals surface area contributed by atoms with Crippen molar-refractivity contribution in [3.8, 4) is 0 Å². The number of hydrogen-bond acceptors (Lipinski definition) is 5. The van der Waals surface area contributed by atoms with E-state index in [1.54, 1.807) is 22.5 Å². The predicted molar refractivity (Wildman–Crippen MR) is 123 cm³/mol. The monoisotopic (exact) mass is 453 g/mol. The van der Waals surface area contributed by atoms with E-state index >= 15 is 0 Å². The second-order valence-electron chi connectivity index (χ2n) is 8.89. The molecule has 7 nitrogen and oxygen atoms in total. The molecule has 1 saturated heterocycles. The van der Waals surface area contributed by atoms with Gasteiger partial charge in [0.05, 0.1) is 15.9 Å². The van der Waals surface area contributed by atoms with Crippen LogP contribution in [0.25, 0.3) is 0 Å². The van der Waals surface area contributed by atoms with Gasteiger partial charge in [0.25, 0.3) is 5.69 Å². The summed E-state index contributed by atoms with van der Waals surface area (Å²) in [5.74, 6) is 0.260.